The van der Waals surface area contributed by atoms with Gasteiger partial charge >= 0.3 is 5.97 Å². The second kappa shape index (κ2) is 5.74. The van der Waals surface area contributed by atoms with Crippen molar-refractivity contribution in [2.24, 2.45) is 0 Å². The van der Waals surface area contributed by atoms with Gasteiger partial charge in [0.25, 0.3) is 5.91 Å². The number of hydrogen-bond donors (Lipinski definition) is 1. The standard InChI is InChI=1S/C17H17N3O4/c21-16(20-8-2-5-13(20)17(22)23)12-4-1-3-11(9-12)14-18-15(24-19-14)10-6-7-10/h1,3-4,9-10,13H,2,5-8H2,(H,22,23)/t13-/m1/s1. The van der Waals surface area contributed by atoms with E-state index < -0.39 is 12.0 Å². The first kappa shape index (κ1) is 14.9. The van der Waals surface area contributed by atoms with Gasteiger partial charge in [0.1, 0.15) is 6.04 Å². The van der Waals surface area contributed by atoms with Crippen molar-refractivity contribution < 1.29 is 19.2 Å². The van der Waals surface area contributed by atoms with E-state index in [-0.39, 0.29) is 5.91 Å². The van der Waals surface area contributed by atoms with E-state index in [1.54, 1.807) is 18.2 Å². The molecule has 1 saturated carbocycles. The van der Waals surface area contributed by atoms with E-state index in [0.29, 0.717) is 48.1 Å². The van der Waals surface area contributed by atoms with Gasteiger partial charge in [-0.25, -0.2) is 4.79 Å². The van der Waals surface area contributed by atoms with Gasteiger partial charge < -0.3 is 14.5 Å². The molecule has 1 aromatic heterocycles. The molecule has 24 heavy (non-hydrogen) atoms. The summed E-state index contributed by atoms with van der Waals surface area (Å²) in [6.45, 7) is 0.466. The van der Waals surface area contributed by atoms with Crippen molar-refractivity contribution in [2.75, 3.05) is 6.54 Å². The van der Waals surface area contributed by atoms with Crippen LogP contribution in [0.2, 0.25) is 0 Å². The van der Waals surface area contributed by atoms with Gasteiger partial charge in [0.05, 0.1) is 0 Å². The third-order valence-electron chi connectivity index (χ3n) is 4.53. The normalized spacial score (nSPS) is 20.3. The quantitative estimate of drug-likeness (QED) is 0.925. The van der Waals surface area contributed by atoms with Crippen molar-refractivity contribution in [2.45, 2.75) is 37.6 Å². The molecule has 1 aliphatic carbocycles. The summed E-state index contributed by atoms with van der Waals surface area (Å²) in [5.74, 6) is 0.254. The maximum atomic E-state index is 12.7. The molecule has 0 radical (unpaired) electrons. The lowest BCUT2D eigenvalue weighted by molar-refractivity contribution is -0.141. The maximum Gasteiger partial charge on any atom is 0.326 e. The molecular weight excluding hydrogens is 310 g/mol. The second-order valence-electron chi connectivity index (χ2n) is 6.31. The molecule has 0 unspecified atom stereocenters. The fourth-order valence-electron chi connectivity index (χ4n) is 3.07. The number of carbonyl (C=O) groups is 2. The Balaban J connectivity index is 1.59. The summed E-state index contributed by atoms with van der Waals surface area (Å²) in [5.41, 5.74) is 1.14. The second-order valence-corrected chi connectivity index (χ2v) is 6.31. The molecule has 7 nitrogen and oxygen atoms in total. The fourth-order valence-corrected chi connectivity index (χ4v) is 3.07. The van der Waals surface area contributed by atoms with Crippen molar-refractivity contribution in [1.82, 2.24) is 15.0 Å². The molecule has 1 aromatic carbocycles. The van der Waals surface area contributed by atoms with E-state index in [4.69, 9.17) is 4.52 Å². The zero-order valence-electron chi connectivity index (χ0n) is 13.0. The topological polar surface area (TPSA) is 96.5 Å². The highest BCUT2D eigenvalue weighted by Gasteiger charge is 2.34. The number of aliphatic carboxylic acids is 1. The molecule has 1 atom stereocenters. The summed E-state index contributed by atoms with van der Waals surface area (Å²) in [4.78, 5) is 29.8. The first-order chi connectivity index (χ1) is 11.6. The van der Waals surface area contributed by atoms with Crippen LogP contribution < -0.4 is 0 Å². The molecule has 2 heterocycles. The molecule has 1 saturated heterocycles. The molecule has 1 amide bonds. The van der Waals surface area contributed by atoms with Crippen molar-refractivity contribution in [3.63, 3.8) is 0 Å². The van der Waals surface area contributed by atoms with Crippen molar-refractivity contribution in [3.05, 3.63) is 35.7 Å². The highest BCUT2D eigenvalue weighted by Crippen LogP contribution is 2.39. The first-order valence-corrected chi connectivity index (χ1v) is 8.11. The average Bonchev–Trinajstić information content (AvgIpc) is 3.13. The largest absolute Gasteiger partial charge is 0.480 e. The highest BCUT2D eigenvalue weighted by atomic mass is 16.5. The van der Waals surface area contributed by atoms with Crippen LogP contribution in [0, 0.1) is 0 Å². The summed E-state index contributed by atoms with van der Waals surface area (Å²) in [6, 6.07) is 6.21. The Morgan fingerprint density at radius 1 is 1.25 bits per heavy atom. The van der Waals surface area contributed by atoms with E-state index in [1.807, 2.05) is 6.07 Å². The Labute approximate surface area is 138 Å². The molecule has 4 rings (SSSR count). The molecule has 2 aromatic rings. The van der Waals surface area contributed by atoms with Crippen LogP contribution in [0.15, 0.2) is 28.8 Å². The van der Waals surface area contributed by atoms with Crippen LogP contribution in [0.25, 0.3) is 11.4 Å². The van der Waals surface area contributed by atoms with Gasteiger partial charge in [-0.3, -0.25) is 4.79 Å². The summed E-state index contributed by atoms with van der Waals surface area (Å²) in [7, 11) is 0. The summed E-state index contributed by atoms with van der Waals surface area (Å²) in [5, 5.41) is 13.2. The minimum absolute atomic E-state index is 0.271. The lowest BCUT2D eigenvalue weighted by Crippen LogP contribution is -2.40. The number of carboxylic acid groups (broad SMARTS) is 1. The monoisotopic (exact) mass is 327 g/mol. The summed E-state index contributed by atoms with van der Waals surface area (Å²) >= 11 is 0. The Morgan fingerprint density at radius 2 is 2.08 bits per heavy atom. The van der Waals surface area contributed by atoms with E-state index >= 15 is 0 Å². The number of carboxylic acids is 1. The number of hydrogen-bond acceptors (Lipinski definition) is 5. The SMILES string of the molecule is O=C(O)[C@H]1CCCN1C(=O)c1cccc(-c2noc(C3CC3)n2)c1. The van der Waals surface area contributed by atoms with Gasteiger partial charge in [-0.1, -0.05) is 17.3 Å². The van der Waals surface area contributed by atoms with Crippen LogP contribution >= 0.6 is 0 Å². The van der Waals surface area contributed by atoms with Gasteiger partial charge in [0, 0.05) is 23.6 Å². The number of amides is 1. The van der Waals surface area contributed by atoms with Crippen LogP contribution in [0.5, 0.6) is 0 Å². The van der Waals surface area contributed by atoms with Gasteiger partial charge in [-0.05, 0) is 37.8 Å². The number of rotatable bonds is 4. The Morgan fingerprint density at radius 3 is 2.83 bits per heavy atom. The van der Waals surface area contributed by atoms with Gasteiger partial charge in [-0.15, -0.1) is 0 Å². The lowest BCUT2D eigenvalue weighted by Gasteiger charge is -2.21. The van der Waals surface area contributed by atoms with Crippen molar-refractivity contribution >= 4 is 11.9 Å². The van der Waals surface area contributed by atoms with Crippen molar-refractivity contribution in [3.8, 4) is 11.4 Å². The minimum Gasteiger partial charge on any atom is -0.480 e. The Bertz CT molecular complexity index is 797. The van der Waals surface area contributed by atoms with Crippen LogP contribution in [-0.4, -0.2) is 44.6 Å². The van der Waals surface area contributed by atoms with E-state index in [0.717, 1.165) is 12.8 Å². The Hall–Kier alpha value is -2.70. The minimum atomic E-state index is -0.954. The maximum absolute atomic E-state index is 12.7. The third-order valence-corrected chi connectivity index (χ3v) is 4.53. The molecule has 0 bridgehead atoms. The molecule has 2 aliphatic rings. The zero-order valence-corrected chi connectivity index (χ0v) is 13.0. The molecule has 0 spiro atoms. The van der Waals surface area contributed by atoms with E-state index in [9.17, 15) is 14.7 Å². The van der Waals surface area contributed by atoms with Gasteiger partial charge in [-0.2, -0.15) is 4.98 Å². The lowest BCUT2D eigenvalue weighted by atomic mass is 10.1. The Kier molecular flexibility index (Phi) is 3.55. The number of likely N-dealkylation sites (tertiary alicyclic amines) is 1. The van der Waals surface area contributed by atoms with Gasteiger partial charge in [0.15, 0.2) is 0 Å². The van der Waals surface area contributed by atoms with Crippen LogP contribution in [0.4, 0.5) is 0 Å². The van der Waals surface area contributed by atoms with E-state index in [2.05, 4.69) is 10.1 Å². The molecule has 7 heteroatoms. The van der Waals surface area contributed by atoms with Crippen LogP contribution in [0.3, 0.4) is 0 Å². The summed E-state index contributed by atoms with van der Waals surface area (Å²) in [6.07, 6.45) is 3.35. The number of nitrogens with zero attached hydrogens (tertiary/aromatic N) is 3. The van der Waals surface area contributed by atoms with Gasteiger partial charge in [0.2, 0.25) is 11.7 Å². The first-order valence-electron chi connectivity index (χ1n) is 8.11. The predicted octanol–water partition coefficient (Wildman–Crippen LogP) is 2.30. The van der Waals surface area contributed by atoms with Crippen LogP contribution in [0.1, 0.15) is 47.8 Å². The molecule has 1 N–H and O–H groups in total. The molecule has 1 aliphatic heterocycles. The molecule has 2 fully saturated rings. The average molecular weight is 327 g/mol. The highest BCUT2D eigenvalue weighted by molar-refractivity contribution is 5.97. The van der Waals surface area contributed by atoms with Crippen LogP contribution in [-0.2, 0) is 4.79 Å². The number of benzene rings is 1. The molecule has 124 valence electrons. The summed E-state index contributed by atoms with van der Waals surface area (Å²) < 4.78 is 5.26. The predicted molar refractivity (Wildman–Crippen MR) is 83.4 cm³/mol. The fraction of sp³-hybridized carbons (Fsp3) is 0.412. The zero-order chi connectivity index (χ0) is 16.7. The smallest absolute Gasteiger partial charge is 0.326 e. The number of carbonyl (C=O) groups excluding carboxylic acids is 1. The number of aromatic nitrogens is 2. The van der Waals surface area contributed by atoms with Crippen molar-refractivity contribution in [1.29, 1.82) is 0 Å². The van der Waals surface area contributed by atoms with E-state index in [1.165, 1.54) is 4.90 Å². The molecular formula is C17H17N3O4. The third kappa shape index (κ3) is 2.66.